The van der Waals surface area contributed by atoms with Crippen molar-refractivity contribution in [3.63, 3.8) is 0 Å². The van der Waals surface area contributed by atoms with Gasteiger partial charge >= 0.3 is 0 Å². The Kier molecular flexibility index (Phi) is 3.99. The molecule has 5 heteroatoms. The first-order valence-corrected chi connectivity index (χ1v) is 6.43. The molecule has 94 valence electrons. The van der Waals surface area contributed by atoms with Crippen molar-refractivity contribution in [2.45, 2.75) is 0 Å². The summed E-state index contributed by atoms with van der Waals surface area (Å²) in [6, 6.07) is 11.1. The Bertz CT molecular complexity index is 555. The summed E-state index contributed by atoms with van der Waals surface area (Å²) in [4.78, 5) is 0. The summed E-state index contributed by atoms with van der Waals surface area (Å²) >= 11 is 9.53. The Balaban J connectivity index is 2.32. The van der Waals surface area contributed by atoms with E-state index in [0.29, 0.717) is 16.4 Å². The van der Waals surface area contributed by atoms with Crippen LogP contribution in [-0.2, 0) is 0 Å². The number of nitrogens with one attached hydrogen (secondary N) is 1. The quantitative estimate of drug-likeness (QED) is 0.819. The summed E-state index contributed by atoms with van der Waals surface area (Å²) in [6.07, 6.45) is 0. The number of methoxy groups -OCH3 is 1. The summed E-state index contributed by atoms with van der Waals surface area (Å²) in [6.45, 7) is 0. The molecule has 18 heavy (non-hydrogen) atoms. The lowest BCUT2D eigenvalue weighted by atomic mass is 10.2. The van der Waals surface area contributed by atoms with Crippen LogP contribution in [0.1, 0.15) is 0 Å². The largest absolute Gasteiger partial charge is 0.496 e. The highest BCUT2D eigenvalue weighted by molar-refractivity contribution is 9.10. The van der Waals surface area contributed by atoms with Crippen LogP contribution in [0.5, 0.6) is 5.75 Å². The van der Waals surface area contributed by atoms with E-state index < -0.39 is 0 Å². The maximum absolute atomic E-state index is 6.10. The van der Waals surface area contributed by atoms with Crippen LogP contribution in [0.3, 0.4) is 0 Å². The van der Waals surface area contributed by atoms with Crippen molar-refractivity contribution in [2.24, 2.45) is 0 Å². The fourth-order valence-electron chi connectivity index (χ4n) is 1.56. The third-order valence-corrected chi connectivity index (χ3v) is 3.40. The molecule has 0 fully saturated rings. The second kappa shape index (κ2) is 5.50. The molecule has 3 N–H and O–H groups in total. The van der Waals surface area contributed by atoms with Crippen LogP contribution in [0, 0.1) is 0 Å². The van der Waals surface area contributed by atoms with E-state index in [2.05, 4.69) is 21.2 Å². The average Bonchev–Trinajstić information content (AvgIpc) is 2.34. The molecular weight excluding hydrogens is 316 g/mol. The van der Waals surface area contributed by atoms with E-state index in [4.69, 9.17) is 22.1 Å². The maximum Gasteiger partial charge on any atom is 0.133 e. The Morgan fingerprint density at radius 3 is 2.67 bits per heavy atom. The second-order valence-corrected chi connectivity index (χ2v) is 4.94. The molecule has 0 aliphatic heterocycles. The molecule has 0 unspecified atom stereocenters. The van der Waals surface area contributed by atoms with E-state index in [9.17, 15) is 0 Å². The van der Waals surface area contributed by atoms with Gasteiger partial charge in [0.25, 0.3) is 0 Å². The minimum absolute atomic E-state index is 0.585. The highest BCUT2D eigenvalue weighted by Gasteiger charge is 2.06. The fraction of sp³-hybridized carbons (Fsp3) is 0.0769. The lowest BCUT2D eigenvalue weighted by Crippen LogP contribution is -1.97. The molecular formula is C13H12BrClN2O. The number of nitrogen functional groups attached to an aromatic ring is 1. The van der Waals surface area contributed by atoms with E-state index in [0.717, 1.165) is 15.9 Å². The van der Waals surface area contributed by atoms with Gasteiger partial charge in [0.15, 0.2) is 0 Å². The number of benzene rings is 2. The average molecular weight is 328 g/mol. The molecule has 0 aliphatic rings. The number of anilines is 3. The molecule has 2 aromatic rings. The Labute approximate surface area is 119 Å². The van der Waals surface area contributed by atoms with E-state index in [-0.39, 0.29) is 0 Å². The maximum atomic E-state index is 6.10. The predicted octanol–water partition coefficient (Wildman–Crippen LogP) is 4.44. The van der Waals surface area contributed by atoms with Gasteiger partial charge in [0, 0.05) is 5.69 Å². The number of nitrogens with two attached hydrogens (primary N) is 1. The van der Waals surface area contributed by atoms with E-state index in [1.165, 1.54) is 0 Å². The molecule has 0 atom stereocenters. The fourth-order valence-corrected chi connectivity index (χ4v) is 2.33. The smallest absolute Gasteiger partial charge is 0.133 e. The number of ether oxygens (including phenoxy) is 1. The van der Waals surface area contributed by atoms with Crippen LogP contribution in [0.25, 0.3) is 0 Å². The van der Waals surface area contributed by atoms with Crippen LogP contribution in [0.2, 0.25) is 5.02 Å². The van der Waals surface area contributed by atoms with Crippen LogP contribution >= 0.6 is 27.5 Å². The lowest BCUT2D eigenvalue weighted by molar-refractivity contribution is 0.412. The van der Waals surface area contributed by atoms with Gasteiger partial charge in [-0.25, -0.2) is 0 Å². The van der Waals surface area contributed by atoms with E-state index in [1.54, 1.807) is 19.2 Å². The number of rotatable bonds is 3. The topological polar surface area (TPSA) is 47.3 Å². The first kappa shape index (κ1) is 13.1. The molecule has 3 nitrogen and oxygen atoms in total. The zero-order valence-electron chi connectivity index (χ0n) is 9.71. The Morgan fingerprint density at radius 1 is 1.28 bits per heavy atom. The summed E-state index contributed by atoms with van der Waals surface area (Å²) in [7, 11) is 1.62. The van der Waals surface area contributed by atoms with Crippen molar-refractivity contribution in [1.29, 1.82) is 0 Å². The monoisotopic (exact) mass is 326 g/mol. The van der Waals surface area contributed by atoms with Gasteiger partial charge in [-0.15, -0.1) is 0 Å². The van der Waals surface area contributed by atoms with E-state index >= 15 is 0 Å². The van der Waals surface area contributed by atoms with Crippen molar-refractivity contribution >= 4 is 44.6 Å². The summed E-state index contributed by atoms with van der Waals surface area (Å²) < 4.78 is 6.03. The Morgan fingerprint density at radius 2 is 2.06 bits per heavy atom. The van der Waals surface area contributed by atoms with Crippen molar-refractivity contribution < 1.29 is 4.74 Å². The zero-order valence-corrected chi connectivity index (χ0v) is 12.0. The molecule has 0 saturated heterocycles. The predicted molar refractivity (Wildman–Crippen MR) is 79.8 cm³/mol. The molecule has 0 bridgehead atoms. The van der Waals surface area contributed by atoms with Gasteiger partial charge in [0.2, 0.25) is 0 Å². The van der Waals surface area contributed by atoms with E-state index in [1.807, 2.05) is 24.3 Å². The molecule has 2 rings (SSSR count). The van der Waals surface area contributed by atoms with Gasteiger partial charge in [0.1, 0.15) is 5.75 Å². The standard InChI is InChI=1S/C13H12BrClN2O/c1-18-12-6-5-8(7-9(12)14)17-13-10(15)3-2-4-11(13)16/h2-7,17H,16H2,1H3. The van der Waals surface area contributed by atoms with Crippen molar-refractivity contribution in [3.8, 4) is 5.75 Å². The first-order chi connectivity index (χ1) is 8.61. The van der Waals surface area contributed by atoms with Crippen LogP contribution in [0.4, 0.5) is 17.1 Å². The van der Waals surface area contributed by atoms with Gasteiger partial charge in [-0.2, -0.15) is 0 Å². The van der Waals surface area contributed by atoms with Gasteiger partial charge in [-0.3, -0.25) is 0 Å². The van der Waals surface area contributed by atoms with Crippen LogP contribution in [0.15, 0.2) is 40.9 Å². The molecule has 2 aromatic carbocycles. The molecule has 0 aliphatic carbocycles. The lowest BCUT2D eigenvalue weighted by Gasteiger charge is -2.12. The number of halogens is 2. The Hall–Kier alpha value is -1.39. The second-order valence-electron chi connectivity index (χ2n) is 3.68. The van der Waals surface area contributed by atoms with Gasteiger partial charge in [-0.05, 0) is 46.3 Å². The minimum Gasteiger partial charge on any atom is -0.496 e. The SMILES string of the molecule is COc1ccc(Nc2c(N)cccc2Cl)cc1Br. The van der Waals surface area contributed by atoms with Crippen LogP contribution in [-0.4, -0.2) is 7.11 Å². The molecule has 0 heterocycles. The number of para-hydroxylation sites is 1. The van der Waals surface area contributed by atoms with Crippen molar-refractivity contribution in [3.05, 3.63) is 45.9 Å². The van der Waals surface area contributed by atoms with Gasteiger partial charge in [0.05, 0.1) is 28.0 Å². The highest BCUT2D eigenvalue weighted by atomic mass is 79.9. The number of hydrogen-bond donors (Lipinski definition) is 2. The minimum atomic E-state index is 0.585. The van der Waals surface area contributed by atoms with Gasteiger partial charge in [-0.1, -0.05) is 17.7 Å². The van der Waals surface area contributed by atoms with Gasteiger partial charge < -0.3 is 15.8 Å². The van der Waals surface area contributed by atoms with Crippen molar-refractivity contribution in [1.82, 2.24) is 0 Å². The van der Waals surface area contributed by atoms with Crippen LogP contribution < -0.4 is 15.8 Å². The highest BCUT2D eigenvalue weighted by Crippen LogP contribution is 2.33. The van der Waals surface area contributed by atoms with Crippen molar-refractivity contribution in [2.75, 3.05) is 18.2 Å². The molecule has 0 saturated carbocycles. The zero-order chi connectivity index (χ0) is 13.1. The molecule has 0 amide bonds. The third-order valence-electron chi connectivity index (χ3n) is 2.47. The molecule has 0 radical (unpaired) electrons. The summed E-state index contributed by atoms with van der Waals surface area (Å²) in [5.41, 5.74) is 8.07. The third kappa shape index (κ3) is 2.71. The first-order valence-electron chi connectivity index (χ1n) is 5.26. The summed E-state index contributed by atoms with van der Waals surface area (Å²) in [5, 5.41) is 3.78. The summed E-state index contributed by atoms with van der Waals surface area (Å²) in [5.74, 6) is 0.771. The molecule has 0 aromatic heterocycles. The molecule has 0 spiro atoms. The normalized spacial score (nSPS) is 10.2. The number of hydrogen-bond acceptors (Lipinski definition) is 3.